The number of nitrogens with one attached hydrogen (secondary N) is 3. The fourth-order valence-electron chi connectivity index (χ4n) is 6.10. The number of carbonyl (C=O) groups is 2. The second-order valence-corrected chi connectivity index (χ2v) is 12.3. The summed E-state index contributed by atoms with van der Waals surface area (Å²) in [7, 11) is 0. The van der Waals surface area contributed by atoms with Gasteiger partial charge < -0.3 is 44.4 Å². The number of H-pyrrole nitrogens is 1. The first-order chi connectivity index (χ1) is 24.0. The zero-order chi connectivity index (χ0) is 35.7. The van der Waals surface area contributed by atoms with Gasteiger partial charge in [0.25, 0.3) is 0 Å². The molecule has 0 saturated heterocycles. The van der Waals surface area contributed by atoms with Crippen molar-refractivity contribution in [1.82, 2.24) is 15.6 Å². The lowest BCUT2D eigenvalue weighted by atomic mass is 9.87. The van der Waals surface area contributed by atoms with Crippen molar-refractivity contribution in [2.45, 2.75) is 76.7 Å². The molecule has 1 aliphatic carbocycles. The van der Waals surface area contributed by atoms with Crippen molar-refractivity contribution < 1.29 is 51.6 Å². The number of fused-ring (bicyclic) bond motifs is 1. The molecule has 11 nitrogen and oxygen atoms in total. The Morgan fingerprint density at radius 1 is 0.960 bits per heavy atom. The van der Waals surface area contributed by atoms with Crippen molar-refractivity contribution in [2.75, 3.05) is 26.3 Å². The van der Waals surface area contributed by atoms with Crippen LogP contribution in [0, 0.1) is 0 Å². The Balaban J connectivity index is 1.13. The maximum Gasteiger partial charge on any atom is 0.513 e. The van der Waals surface area contributed by atoms with Crippen molar-refractivity contribution in [3.05, 3.63) is 88.8 Å². The van der Waals surface area contributed by atoms with Crippen LogP contribution in [0.15, 0.2) is 77.6 Å². The van der Waals surface area contributed by atoms with E-state index in [2.05, 4.69) is 15.6 Å². The molecule has 0 spiro atoms. The van der Waals surface area contributed by atoms with Gasteiger partial charge in [0, 0.05) is 23.6 Å². The highest BCUT2D eigenvalue weighted by atomic mass is 19.4. The number of aliphatic hydroxyl groups excluding tert-OH is 1. The number of benzene rings is 2. The molecule has 2 atom stereocenters. The van der Waals surface area contributed by atoms with Gasteiger partial charge in [0.05, 0.1) is 23.6 Å². The molecule has 4 N–H and O–H groups in total. The molecule has 2 heterocycles. The van der Waals surface area contributed by atoms with E-state index in [9.17, 15) is 27.9 Å². The van der Waals surface area contributed by atoms with Gasteiger partial charge in [-0.2, -0.15) is 13.2 Å². The topological polar surface area (TPSA) is 140 Å². The number of ether oxygens (including phenoxy) is 5. The van der Waals surface area contributed by atoms with Gasteiger partial charge in [0.15, 0.2) is 0 Å². The lowest BCUT2D eigenvalue weighted by Gasteiger charge is -2.31. The Kier molecular flexibility index (Phi) is 12.3. The number of rotatable bonds is 14. The number of aromatic nitrogens is 1. The highest BCUT2D eigenvalue weighted by molar-refractivity contribution is 5.85. The van der Waals surface area contributed by atoms with Gasteiger partial charge in [0.2, 0.25) is 0 Å². The first-order valence-electron chi connectivity index (χ1n) is 16.7. The van der Waals surface area contributed by atoms with E-state index in [-0.39, 0.29) is 47.8 Å². The minimum absolute atomic E-state index is 0.0254. The summed E-state index contributed by atoms with van der Waals surface area (Å²) < 4.78 is 70.1. The number of halogens is 3. The molecule has 14 heteroatoms. The first kappa shape index (κ1) is 36.6. The van der Waals surface area contributed by atoms with E-state index in [1.54, 1.807) is 6.92 Å². The van der Waals surface area contributed by atoms with Gasteiger partial charge >= 0.3 is 18.5 Å². The van der Waals surface area contributed by atoms with Crippen LogP contribution in [0.25, 0.3) is 10.9 Å². The van der Waals surface area contributed by atoms with E-state index in [1.807, 2.05) is 30.5 Å². The van der Waals surface area contributed by atoms with Crippen molar-refractivity contribution in [2.24, 2.45) is 0 Å². The van der Waals surface area contributed by atoms with Gasteiger partial charge in [-0.1, -0.05) is 24.3 Å². The Morgan fingerprint density at radius 3 is 2.42 bits per heavy atom. The minimum atomic E-state index is -4.75. The molecule has 2 aliphatic rings. The van der Waals surface area contributed by atoms with Crippen LogP contribution in [0.2, 0.25) is 0 Å². The Morgan fingerprint density at radius 2 is 1.68 bits per heavy atom. The third kappa shape index (κ3) is 9.51. The second-order valence-electron chi connectivity index (χ2n) is 12.3. The number of hydrogen-bond donors (Lipinski definition) is 4. The van der Waals surface area contributed by atoms with Crippen LogP contribution < -0.4 is 15.4 Å². The highest BCUT2D eigenvalue weighted by Gasteiger charge is 2.42. The van der Waals surface area contributed by atoms with E-state index >= 15 is 0 Å². The summed E-state index contributed by atoms with van der Waals surface area (Å²) in [6.45, 7) is 3.98. The zero-order valence-electron chi connectivity index (χ0n) is 27.9. The molecule has 2 unspecified atom stereocenters. The highest BCUT2D eigenvalue weighted by Crippen LogP contribution is 2.44. The van der Waals surface area contributed by atoms with E-state index in [0.29, 0.717) is 44.5 Å². The molecule has 3 aromatic rings. The summed E-state index contributed by atoms with van der Waals surface area (Å²) in [5.41, 5.74) is 0.198. The standard InChI is InChI=1S/C36H42F3N3O8/c1-22-32(49-34(44)46-19-8-7-17-40-20-24(43)21-47-30-15-9-14-29-27(30)16-18-41-29)31(26-12-5-6-13-28(26)36(37,38)39)33(23(2)42-22)50-35(45)48-25-10-3-4-11-25/h5-6,9,12-16,18,24-25,31,40-43H,3-4,7-8,10-11,17,19-21H2,1-2H3. The number of dihydropyridines is 1. The average Bonchev–Trinajstić information content (AvgIpc) is 3.78. The molecular weight excluding hydrogens is 659 g/mol. The van der Waals surface area contributed by atoms with E-state index in [4.69, 9.17) is 23.7 Å². The summed E-state index contributed by atoms with van der Waals surface area (Å²) in [5, 5.41) is 17.3. The molecular formula is C36H42F3N3O8. The van der Waals surface area contributed by atoms with Crippen LogP contribution >= 0.6 is 0 Å². The Hall–Kier alpha value is -4.69. The smallest absolute Gasteiger partial charge is 0.490 e. The van der Waals surface area contributed by atoms with Crippen LogP contribution in [-0.2, 0) is 25.1 Å². The fourth-order valence-corrected chi connectivity index (χ4v) is 6.10. The SMILES string of the molecule is CC1=C(OC(=O)OCCCCNCC(O)COc2cccc3[nH]ccc23)C(c2ccccc2C(F)(F)F)C(OC(=O)OC2CCCC2)=C(C)N1. The van der Waals surface area contributed by atoms with Crippen molar-refractivity contribution >= 4 is 23.2 Å². The minimum Gasteiger partial charge on any atom is -0.490 e. The van der Waals surface area contributed by atoms with Gasteiger partial charge in [-0.3, -0.25) is 0 Å². The molecule has 2 aromatic carbocycles. The monoisotopic (exact) mass is 701 g/mol. The molecule has 5 rings (SSSR count). The maximum atomic E-state index is 14.2. The van der Waals surface area contributed by atoms with Crippen LogP contribution in [0.5, 0.6) is 5.75 Å². The fraction of sp³-hybridized carbons (Fsp3) is 0.444. The van der Waals surface area contributed by atoms with Crippen molar-refractivity contribution in [3.8, 4) is 5.75 Å². The predicted octanol–water partition coefficient (Wildman–Crippen LogP) is 7.40. The van der Waals surface area contributed by atoms with Crippen molar-refractivity contribution in [1.29, 1.82) is 0 Å². The quantitative estimate of drug-likeness (QED) is 0.0993. The number of unbranched alkanes of at least 4 members (excludes halogenated alkanes) is 1. The molecule has 1 fully saturated rings. The maximum absolute atomic E-state index is 14.2. The molecule has 0 radical (unpaired) electrons. The van der Waals surface area contributed by atoms with E-state index in [0.717, 1.165) is 29.8 Å². The number of allylic oxidation sites excluding steroid dienone is 2. The summed E-state index contributed by atoms with van der Waals surface area (Å²) in [5.74, 6) is -1.12. The van der Waals surface area contributed by atoms with Gasteiger partial charge in [0.1, 0.15) is 42.0 Å². The largest absolute Gasteiger partial charge is 0.513 e. The number of aliphatic hydroxyl groups is 1. The number of carbonyl (C=O) groups excluding carboxylic acids is 2. The van der Waals surface area contributed by atoms with E-state index in [1.165, 1.54) is 25.1 Å². The summed E-state index contributed by atoms with van der Waals surface area (Å²) >= 11 is 0. The van der Waals surface area contributed by atoms with Crippen LogP contribution in [0.3, 0.4) is 0 Å². The summed E-state index contributed by atoms with van der Waals surface area (Å²) in [4.78, 5) is 28.7. The summed E-state index contributed by atoms with van der Waals surface area (Å²) in [6.07, 6.45) is -2.02. The molecule has 0 amide bonds. The number of hydrogen-bond acceptors (Lipinski definition) is 10. The molecule has 1 saturated carbocycles. The van der Waals surface area contributed by atoms with Gasteiger partial charge in [-0.15, -0.1) is 0 Å². The zero-order valence-corrected chi connectivity index (χ0v) is 27.9. The van der Waals surface area contributed by atoms with Crippen LogP contribution in [0.1, 0.15) is 69.4 Å². The second kappa shape index (κ2) is 16.8. The van der Waals surface area contributed by atoms with E-state index < -0.39 is 36.1 Å². The normalized spacial score (nSPS) is 17.4. The third-order valence-electron chi connectivity index (χ3n) is 8.50. The van der Waals surface area contributed by atoms with Gasteiger partial charge in [-0.25, -0.2) is 9.59 Å². The summed E-state index contributed by atoms with van der Waals surface area (Å²) in [6, 6.07) is 12.4. The third-order valence-corrected chi connectivity index (χ3v) is 8.50. The Labute approximate surface area is 287 Å². The van der Waals surface area contributed by atoms with Crippen LogP contribution in [0.4, 0.5) is 22.8 Å². The number of aromatic amines is 1. The van der Waals surface area contributed by atoms with Gasteiger partial charge in [-0.05, 0) is 88.7 Å². The lowest BCUT2D eigenvalue weighted by Crippen LogP contribution is -2.32. The molecule has 50 heavy (non-hydrogen) atoms. The predicted molar refractivity (Wildman–Crippen MR) is 177 cm³/mol. The first-order valence-corrected chi connectivity index (χ1v) is 16.7. The average molecular weight is 702 g/mol. The van der Waals surface area contributed by atoms with Crippen LogP contribution in [-0.4, -0.2) is 60.9 Å². The van der Waals surface area contributed by atoms with Crippen molar-refractivity contribution in [3.63, 3.8) is 0 Å². The molecule has 1 aliphatic heterocycles. The molecule has 0 bridgehead atoms. The molecule has 270 valence electrons. The number of alkyl halides is 3. The molecule has 1 aromatic heterocycles. The lowest BCUT2D eigenvalue weighted by molar-refractivity contribution is -0.138. The Bertz CT molecular complexity index is 1700.